The van der Waals surface area contributed by atoms with Crippen LogP contribution in [-0.2, 0) is 9.53 Å². The van der Waals surface area contributed by atoms with Crippen LogP contribution in [0.2, 0.25) is 0 Å². The number of amides is 1. The molecule has 1 aliphatic rings. The van der Waals surface area contributed by atoms with E-state index in [9.17, 15) is 0 Å². The van der Waals surface area contributed by atoms with Gasteiger partial charge in [0, 0.05) is 38.2 Å². The number of allylic oxidation sites excluding steroid dienone is 2. The number of anilines is 1. The number of nitrogens with zero attached hydrogens (tertiary/aromatic N) is 1. The summed E-state index contributed by atoms with van der Waals surface area (Å²) in [4.78, 5) is 13.0. The summed E-state index contributed by atoms with van der Waals surface area (Å²) in [6.07, 6.45) is 5.05. The van der Waals surface area contributed by atoms with Gasteiger partial charge in [0.25, 0.3) is 0 Å². The number of ether oxygens (including phenoxy) is 2. The van der Waals surface area contributed by atoms with Crippen LogP contribution in [0.5, 0.6) is 5.75 Å². The fourth-order valence-corrected chi connectivity index (χ4v) is 3.22. The average Bonchev–Trinajstić information content (AvgIpc) is 2.74. The maximum atomic E-state index is 8.58. The zero-order valence-corrected chi connectivity index (χ0v) is 21.7. The van der Waals surface area contributed by atoms with Crippen molar-refractivity contribution in [3.8, 4) is 5.75 Å². The second kappa shape index (κ2) is 15.9. The number of nitrogens with one attached hydrogen (secondary N) is 1. The van der Waals surface area contributed by atoms with Gasteiger partial charge >= 0.3 is 0 Å². The van der Waals surface area contributed by atoms with Gasteiger partial charge in [-0.2, -0.15) is 0 Å². The summed E-state index contributed by atoms with van der Waals surface area (Å²) < 4.78 is 10.6. The Morgan fingerprint density at radius 1 is 1.24 bits per heavy atom. The molecule has 186 valence electrons. The van der Waals surface area contributed by atoms with E-state index in [1.165, 1.54) is 12.8 Å². The van der Waals surface area contributed by atoms with Crippen molar-refractivity contribution in [2.24, 2.45) is 21.9 Å². The predicted octanol–water partition coefficient (Wildman–Crippen LogP) is 4.78. The first-order chi connectivity index (χ1) is 15.5. The number of aliphatic imine (C=N–C) groups is 1. The molecular formula is C26H44N4O3. The number of rotatable bonds is 7. The average molecular weight is 461 g/mol. The summed E-state index contributed by atoms with van der Waals surface area (Å²) in [5, 5.41) is 3.43. The first-order valence-corrected chi connectivity index (χ1v) is 11.3. The smallest absolute Gasteiger partial charge is 0.204 e. The van der Waals surface area contributed by atoms with Crippen LogP contribution >= 0.6 is 0 Å². The van der Waals surface area contributed by atoms with Gasteiger partial charge in [-0.3, -0.25) is 9.79 Å². The lowest BCUT2D eigenvalue weighted by molar-refractivity contribution is -0.106. The third-order valence-corrected chi connectivity index (χ3v) is 4.85. The quantitative estimate of drug-likeness (QED) is 0.308. The van der Waals surface area contributed by atoms with Crippen LogP contribution in [0.4, 0.5) is 5.69 Å². The van der Waals surface area contributed by atoms with Crippen LogP contribution in [-0.4, -0.2) is 46.0 Å². The Balaban J connectivity index is 0.000000863. The Hall–Kier alpha value is -2.80. The molecule has 2 rings (SSSR count). The third kappa shape index (κ3) is 12.1. The normalized spacial score (nSPS) is 13.6. The second-order valence-corrected chi connectivity index (χ2v) is 8.94. The van der Waals surface area contributed by atoms with Crippen molar-refractivity contribution in [3.63, 3.8) is 0 Å². The molecule has 7 heteroatoms. The SMILES string of the molecule is CCCC(C)(C)C.CN=C(C1=Cc2ccc(OCCOC)cc2NC1)/C(C)=C(\C)N.NC=O. The molecular weight excluding hydrogens is 416 g/mol. The van der Waals surface area contributed by atoms with Crippen molar-refractivity contribution in [1.29, 1.82) is 0 Å². The Morgan fingerprint density at radius 3 is 2.33 bits per heavy atom. The van der Waals surface area contributed by atoms with E-state index in [2.05, 4.69) is 49.8 Å². The Kier molecular flexibility index (Phi) is 14.6. The second-order valence-electron chi connectivity index (χ2n) is 8.94. The summed E-state index contributed by atoms with van der Waals surface area (Å²) in [5.41, 5.74) is 16.7. The number of carbonyl (C=O) groups is 1. The molecule has 1 aromatic carbocycles. The van der Waals surface area contributed by atoms with Crippen LogP contribution in [0.15, 0.2) is 40.0 Å². The third-order valence-electron chi connectivity index (χ3n) is 4.85. The lowest BCUT2D eigenvalue weighted by Crippen LogP contribution is -2.19. The molecule has 0 atom stereocenters. The summed E-state index contributed by atoms with van der Waals surface area (Å²) >= 11 is 0. The van der Waals surface area contributed by atoms with E-state index in [0.717, 1.165) is 39.6 Å². The molecule has 0 bridgehead atoms. The van der Waals surface area contributed by atoms with Gasteiger partial charge in [-0.15, -0.1) is 0 Å². The summed E-state index contributed by atoms with van der Waals surface area (Å²) in [7, 11) is 3.46. The minimum atomic E-state index is 0.250. The maximum absolute atomic E-state index is 8.58. The largest absolute Gasteiger partial charge is 0.491 e. The molecule has 1 amide bonds. The summed E-state index contributed by atoms with van der Waals surface area (Å²) in [5.74, 6) is 0.836. The van der Waals surface area contributed by atoms with Gasteiger partial charge in [-0.05, 0) is 60.6 Å². The lowest BCUT2D eigenvalue weighted by atomic mass is 9.91. The maximum Gasteiger partial charge on any atom is 0.204 e. The minimum absolute atomic E-state index is 0.250. The van der Waals surface area contributed by atoms with Gasteiger partial charge in [0.2, 0.25) is 6.41 Å². The molecule has 1 aromatic rings. The number of hydrogen-bond acceptors (Lipinski definition) is 6. The molecule has 1 aliphatic heterocycles. The Labute approximate surface area is 200 Å². The van der Waals surface area contributed by atoms with Gasteiger partial charge in [0.15, 0.2) is 0 Å². The Morgan fingerprint density at radius 2 is 1.88 bits per heavy atom. The van der Waals surface area contributed by atoms with Crippen LogP contribution in [0, 0.1) is 5.41 Å². The van der Waals surface area contributed by atoms with Crippen molar-refractivity contribution in [1.82, 2.24) is 0 Å². The van der Waals surface area contributed by atoms with Crippen LogP contribution in [0.1, 0.15) is 59.9 Å². The minimum Gasteiger partial charge on any atom is -0.491 e. The molecule has 1 heterocycles. The highest BCUT2D eigenvalue weighted by atomic mass is 16.5. The fourth-order valence-electron chi connectivity index (χ4n) is 3.22. The van der Waals surface area contributed by atoms with Crippen molar-refractivity contribution in [2.45, 2.75) is 54.4 Å². The van der Waals surface area contributed by atoms with E-state index >= 15 is 0 Å². The van der Waals surface area contributed by atoms with Gasteiger partial charge < -0.3 is 26.3 Å². The van der Waals surface area contributed by atoms with E-state index in [1.807, 2.05) is 32.0 Å². The molecule has 7 nitrogen and oxygen atoms in total. The molecule has 5 N–H and O–H groups in total. The van der Waals surface area contributed by atoms with Gasteiger partial charge in [0.05, 0.1) is 12.3 Å². The van der Waals surface area contributed by atoms with Crippen molar-refractivity contribution in [2.75, 3.05) is 39.2 Å². The fraction of sp³-hybridized carbons (Fsp3) is 0.538. The van der Waals surface area contributed by atoms with E-state index in [0.29, 0.717) is 25.2 Å². The number of fused-ring (bicyclic) bond motifs is 1. The first kappa shape index (κ1) is 30.2. The molecule has 0 saturated carbocycles. The topological polar surface area (TPSA) is 112 Å². The van der Waals surface area contributed by atoms with E-state index in [4.69, 9.17) is 20.0 Å². The highest BCUT2D eigenvalue weighted by Gasteiger charge is 2.16. The zero-order chi connectivity index (χ0) is 25.4. The standard InChI is InChI=1S/C18H25N3O2.C7H16.CH3NO/c1-12(13(2)19)18(20-3)15-9-14-5-6-16(23-8-7-22-4)10-17(14)21-11-15;1-5-6-7(2,3)4;2-1-3/h5-6,9-10,21H,7-8,11,19H2,1-4H3;5-6H2,1-4H3;1H,(H2,2,3)/b13-12+,20-18?;;. The van der Waals surface area contributed by atoms with Crippen LogP contribution in [0.25, 0.3) is 6.08 Å². The molecule has 0 fully saturated rings. The molecule has 0 aliphatic carbocycles. The van der Waals surface area contributed by atoms with E-state index in [1.54, 1.807) is 14.2 Å². The van der Waals surface area contributed by atoms with Gasteiger partial charge in [-0.1, -0.05) is 34.1 Å². The number of carbonyl (C=O) groups excluding carboxylic acids is 1. The number of benzene rings is 1. The lowest BCUT2D eigenvalue weighted by Gasteiger charge is -2.21. The van der Waals surface area contributed by atoms with Crippen molar-refractivity contribution >= 4 is 23.9 Å². The number of nitrogens with two attached hydrogens (primary N) is 2. The van der Waals surface area contributed by atoms with Crippen molar-refractivity contribution in [3.05, 3.63) is 40.6 Å². The number of primary amides is 1. The molecule has 33 heavy (non-hydrogen) atoms. The molecule has 0 unspecified atom stereocenters. The number of hydrogen-bond donors (Lipinski definition) is 3. The molecule has 0 aromatic heterocycles. The highest BCUT2D eigenvalue weighted by molar-refractivity contribution is 6.16. The number of methoxy groups -OCH3 is 1. The van der Waals surface area contributed by atoms with Gasteiger partial charge in [0.1, 0.15) is 12.4 Å². The molecule has 0 spiro atoms. The monoisotopic (exact) mass is 460 g/mol. The van der Waals surface area contributed by atoms with Gasteiger partial charge in [-0.25, -0.2) is 0 Å². The Bertz CT molecular complexity index is 817. The first-order valence-electron chi connectivity index (χ1n) is 11.3. The van der Waals surface area contributed by atoms with E-state index in [-0.39, 0.29) is 6.41 Å². The van der Waals surface area contributed by atoms with Crippen LogP contribution in [0.3, 0.4) is 0 Å². The summed E-state index contributed by atoms with van der Waals surface area (Å²) in [6, 6.07) is 6.03. The zero-order valence-electron chi connectivity index (χ0n) is 21.7. The highest BCUT2D eigenvalue weighted by Crippen LogP contribution is 2.29. The molecule has 0 saturated heterocycles. The van der Waals surface area contributed by atoms with E-state index < -0.39 is 0 Å². The van der Waals surface area contributed by atoms with Crippen LogP contribution < -0.4 is 21.5 Å². The predicted molar refractivity (Wildman–Crippen MR) is 141 cm³/mol. The summed E-state index contributed by atoms with van der Waals surface area (Å²) in [6.45, 7) is 14.8. The molecule has 0 radical (unpaired) electrons. The van der Waals surface area contributed by atoms with Crippen molar-refractivity contribution < 1.29 is 14.3 Å².